The minimum absolute atomic E-state index is 0.151. The molecule has 2 atom stereocenters. The van der Waals surface area contributed by atoms with E-state index in [4.69, 9.17) is 4.74 Å². The van der Waals surface area contributed by atoms with Crippen LogP contribution in [0.15, 0.2) is 54.6 Å². The maximum atomic E-state index is 6.10. The molecule has 0 bridgehead atoms. The lowest BCUT2D eigenvalue weighted by molar-refractivity contribution is 0.268. The van der Waals surface area contributed by atoms with Crippen molar-refractivity contribution in [3.63, 3.8) is 0 Å². The highest BCUT2D eigenvalue weighted by atomic mass is 32.1. The smallest absolute Gasteiger partial charge is 0.128 e. The fourth-order valence-corrected chi connectivity index (χ4v) is 4.58. The fraction of sp³-hybridized carbons (Fsp3) is 0.111. The summed E-state index contributed by atoms with van der Waals surface area (Å²) in [7, 11) is 0. The van der Waals surface area contributed by atoms with Gasteiger partial charge in [-0.05, 0) is 35.2 Å². The highest BCUT2D eigenvalue weighted by Gasteiger charge is 2.38. The second-order valence-corrected chi connectivity index (χ2v) is 6.42. The normalized spacial score (nSPS) is 22.2. The molecule has 1 nitrogen and oxygen atoms in total. The van der Waals surface area contributed by atoms with Crippen molar-refractivity contribution in [1.29, 1.82) is 0 Å². The van der Waals surface area contributed by atoms with Crippen molar-refractivity contribution in [3.05, 3.63) is 70.6 Å². The minimum atomic E-state index is 0.151. The van der Waals surface area contributed by atoms with Crippen molar-refractivity contribution >= 4 is 27.5 Å². The summed E-state index contributed by atoms with van der Waals surface area (Å²) in [6, 6.07) is 17.1. The zero-order valence-corrected chi connectivity index (χ0v) is 11.6. The summed E-state index contributed by atoms with van der Waals surface area (Å²) < 4.78 is 7.47. The van der Waals surface area contributed by atoms with Crippen molar-refractivity contribution in [3.8, 4) is 5.75 Å². The molecule has 1 aromatic heterocycles. The number of para-hydroxylation sites is 1. The zero-order chi connectivity index (χ0) is 13.1. The molecule has 1 aliphatic carbocycles. The third-order valence-electron chi connectivity index (χ3n) is 4.26. The molecule has 2 aliphatic rings. The van der Waals surface area contributed by atoms with Gasteiger partial charge in [0.15, 0.2) is 0 Å². The Labute approximate surface area is 121 Å². The molecule has 0 N–H and O–H groups in total. The van der Waals surface area contributed by atoms with E-state index in [0.29, 0.717) is 5.92 Å². The quantitative estimate of drug-likeness (QED) is 0.572. The van der Waals surface area contributed by atoms with Crippen LogP contribution in [0.1, 0.15) is 21.9 Å². The van der Waals surface area contributed by atoms with Gasteiger partial charge in [0, 0.05) is 15.1 Å². The van der Waals surface area contributed by atoms with Crippen LogP contribution >= 0.6 is 11.3 Å². The number of benzene rings is 2. The molecule has 3 aromatic rings. The largest absolute Gasteiger partial charge is 0.485 e. The van der Waals surface area contributed by atoms with Crippen LogP contribution in [-0.4, -0.2) is 6.10 Å². The topological polar surface area (TPSA) is 9.23 Å². The number of rotatable bonds is 0. The van der Waals surface area contributed by atoms with E-state index < -0.39 is 0 Å². The van der Waals surface area contributed by atoms with Gasteiger partial charge in [0.25, 0.3) is 0 Å². The first-order chi connectivity index (χ1) is 9.92. The van der Waals surface area contributed by atoms with E-state index >= 15 is 0 Å². The number of ether oxygens (including phenoxy) is 1. The maximum Gasteiger partial charge on any atom is 0.128 e. The van der Waals surface area contributed by atoms with Crippen LogP contribution in [0.5, 0.6) is 5.75 Å². The van der Waals surface area contributed by atoms with Crippen LogP contribution in [0, 0.1) is 0 Å². The van der Waals surface area contributed by atoms with E-state index in [1.54, 1.807) is 0 Å². The summed E-state index contributed by atoms with van der Waals surface area (Å²) in [5, 5.41) is 1.38. The van der Waals surface area contributed by atoms with Gasteiger partial charge in [-0.2, -0.15) is 0 Å². The molecule has 0 saturated carbocycles. The van der Waals surface area contributed by atoms with Gasteiger partial charge in [-0.25, -0.2) is 0 Å². The van der Waals surface area contributed by atoms with E-state index in [9.17, 15) is 0 Å². The summed E-state index contributed by atoms with van der Waals surface area (Å²) in [6.07, 6.45) is 4.59. The first-order valence-corrected chi connectivity index (χ1v) is 7.69. The third kappa shape index (κ3) is 1.27. The van der Waals surface area contributed by atoms with Crippen molar-refractivity contribution < 1.29 is 4.74 Å². The fourth-order valence-electron chi connectivity index (χ4n) is 3.42. The zero-order valence-electron chi connectivity index (χ0n) is 10.7. The van der Waals surface area contributed by atoms with Crippen LogP contribution in [0.2, 0.25) is 0 Å². The molecule has 0 radical (unpaired) electrons. The van der Waals surface area contributed by atoms with Crippen molar-refractivity contribution in [2.75, 3.05) is 0 Å². The lowest BCUT2D eigenvalue weighted by Crippen LogP contribution is -2.19. The second-order valence-electron chi connectivity index (χ2n) is 5.33. The SMILES string of the molecule is C1=CC2Oc3ccccc3C2c2c1sc1ccccc21. The molecule has 2 unspecified atom stereocenters. The standard InChI is InChI=1S/C18H12OS/c1-3-7-13-11(5-1)17-14(19-13)9-10-16-18(17)12-6-2-4-8-15(12)20-16/h1-10,14,17H. The molecule has 0 spiro atoms. The van der Waals surface area contributed by atoms with E-state index in [1.807, 2.05) is 17.4 Å². The van der Waals surface area contributed by atoms with Gasteiger partial charge < -0.3 is 4.74 Å². The van der Waals surface area contributed by atoms with Gasteiger partial charge in [0.1, 0.15) is 11.9 Å². The van der Waals surface area contributed by atoms with Gasteiger partial charge in [-0.3, -0.25) is 0 Å². The Bertz CT molecular complexity index is 859. The average molecular weight is 276 g/mol. The summed E-state index contributed by atoms with van der Waals surface area (Å²) >= 11 is 1.88. The molecule has 96 valence electrons. The molecule has 1 aliphatic heterocycles. The van der Waals surface area contributed by atoms with Crippen LogP contribution in [-0.2, 0) is 0 Å². The lowest BCUT2D eigenvalue weighted by Gasteiger charge is -2.20. The Morgan fingerprint density at radius 1 is 0.950 bits per heavy atom. The first-order valence-electron chi connectivity index (χ1n) is 6.87. The Morgan fingerprint density at radius 3 is 2.80 bits per heavy atom. The summed E-state index contributed by atoms with van der Waals surface area (Å²) in [5.74, 6) is 1.39. The Kier molecular flexibility index (Phi) is 2.00. The number of hydrogen-bond acceptors (Lipinski definition) is 2. The summed E-state index contributed by atoms with van der Waals surface area (Å²) in [6.45, 7) is 0. The van der Waals surface area contributed by atoms with E-state index in [2.05, 4.69) is 54.6 Å². The van der Waals surface area contributed by atoms with Crippen molar-refractivity contribution in [2.24, 2.45) is 0 Å². The molecule has 0 fully saturated rings. The molecule has 20 heavy (non-hydrogen) atoms. The lowest BCUT2D eigenvalue weighted by atomic mass is 9.83. The Hall–Kier alpha value is -2.06. The first kappa shape index (κ1) is 10.7. The Balaban J connectivity index is 1.85. The number of fused-ring (bicyclic) bond motifs is 7. The molecule has 2 aromatic carbocycles. The molecule has 0 amide bonds. The van der Waals surface area contributed by atoms with Crippen LogP contribution in [0.3, 0.4) is 0 Å². The molecule has 5 rings (SSSR count). The van der Waals surface area contributed by atoms with Gasteiger partial charge in [0.05, 0.1) is 5.92 Å². The van der Waals surface area contributed by atoms with Crippen molar-refractivity contribution in [1.82, 2.24) is 0 Å². The van der Waals surface area contributed by atoms with Gasteiger partial charge >= 0.3 is 0 Å². The maximum absolute atomic E-state index is 6.10. The Morgan fingerprint density at radius 2 is 1.80 bits per heavy atom. The minimum Gasteiger partial charge on any atom is -0.485 e. The van der Waals surface area contributed by atoms with Gasteiger partial charge in [-0.1, -0.05) is 36.4 Å². The van der Waals surface area contributed by atoms with Crippen LogP contribution in [0.25, 0.3) is 16.2 Å². The predicted octanol–water partition coefficient (Wildman–Crippen LogP) is 4.82. The molecule has 2 heterocycles. The van der Waals surface area contributed by atoms with Crippen molar-refractivity contribution in [2.45, 2.75) is 12.0 Å². The van der Waals surface area contributed by atoms with Crippen LogP contribution in [0.4, 0.5) is 0 Å². The van der Waals surface area contributed by atoms with Crippen LogP contribution < -0.4 is 4.74 Å². The molecular formula is C18H12OS. The summed E-state index contributed by atoms with van der Waals surface area (Å²) in [5.41, 5.74) is 2.77. The highest BCUT2D eigenvalue weighted by Crippen LogP contribution is 2.50. The average Bonchev–Trinajstić information content (AvgIpc) is 3.04. The molecular weight excluding hydrogens is 264 g/mol. The third-order valence-corrected chi connectivity index (χ3v) is 5.41. The van der Waals surface area contributed by atoms with Gasteiger partial charge in [0.2, 0.25) is 0 Å². The van der Waals surface area contributed by atoms with E-state index in [1.165, 1.54) is 26.1 Å². The number of thiophene rings is 1. The van der Waals surface area contributed by atoms with Gasteiger partial charge in [-0.15, -0.1) is 11.3 Å². The monoisotopic (exact) mass is 276 g/mol. The second kappa shape index (κ2) is 3.74. The van der Waals surface area contributed by atoms with E-state index in [0.717, 1.165) is 5.75 Å². The predicted molar refractivity (Wildman–Crippen MR) is 83.6 cm³/mol. The number of hydrogen-bond donors (Lipinski definition) is 0. The highest BCUT2D eigenvalue weighted by molar-refractivity contribution is 7.20. The summed E-state index contributed by atoms with van der Waals surface area (Å²) in [4.78, 5) is 1.38. The molecule has 0 saturated heterocycles. The van der Waals surface area contributed by atoms with E-state index in [-0.39, 0.29) is 6.10 Å². The molecule has 2 heteroatoms.